The van der Waals surface area contributed by atoms with E-state index < -0.39 is 0 Å². The second-order valence-corrected chi connectivity index (χ2v) is 5.20. The van der Waals surface area contributed by atoms with Crippen molar-refractivity contribution in [2.24, 2.45) is 12.5 Å². The van der Waals surface area contributed by atoms with Crippen LogP contribution >= 0.6 is 0 Å². The van der Waals surface area contributed by atoms with Gasteiger partial charge < -0.3 is 10.1 Å². The van der Waals surface area contributed by atoms with Gasteiger partial charge in [0, 0.05) is 38.4 Å². The topological polar surface area (TPSA) is 39.1 Å². The molecule has 90 valence electrons. The Kier molecular flexibility index (Phi) is 3.04. The summed E-state index contributed by atoms with van der Waals surface area (Å²) < 4.78 is 7.26. The van der Waals surface area contributed by atoms with Crippen LogP contribution < -0.4 is 5.32 Å². The highest BCUT2D eigenvalue weighted by Gasteiger charge is 2.48. The molecule has 0 aliphatic heterocycles. The van der Waals surface area contributed by atoms with Gasteiger partial charge in [-0.25, -0.2) is 0 Å². The molecule has 2 rings (SSSR count). The highest BCUT2D eigenvalue weighted by molar-refractivity contribution is 5.05. The van der Waals surface area contributed by atoms with E-state index in [9.17, 15) is 0 Å². The van der Waals surface area contributed by atoms with Crippen LogP contribution in [0.15, 0.2) is 12.3 Å². The number of hydrogen-bond acceptors (Lipinski definition) is 3. The number of aromatic nitrogens is 2. The van der Waals surface area contributed by atoms with Crippen molar-refractivity contribution in [3.05, 3.63) is 18.0 Å². The smallest absolute Gasteiger partial charge is 0.0762 e. The van der Waals surface area contributed by atoms with Crippen LogP contribution in [0.3, 0.4) is 0 Å². The van der Waals surface area contributed by atoms with Crippen LogP contribution in [0.2, 0.25) is 0 Å². The Labute approximate surface area is 97.0 Å². The minimum absolute atomic E-state index is 0.226. The molecule has 2 unspecified atom stereocenters. The molecule has 0 amide bonds. The van der Waals surface area contributed by atoms with E-state index in [1.165, 1.54) is 0 Å². The van der Waals surface area contributed by atoms with Crippen LogP contribution in [-0.4, -0.2) is 29.0 Å². The van der Waals surface area contributed by atoms with Gasteiger partial charge >= 0.3 is 0 Å². The van der Waals surface area contributed by atoms with Gasteiger partial charge in [-0.3, -0.25) is 4.68 Å². The lowest BCUT2D eigenvalue weighted by atomic mass is 9.64. The van der Waals surface area contributed by atoms with E-state index in [2.05, 4.69) is 24.3 Å². The van der Waals surface area contributed by atoms with Crippen LogP contribution in [0.5, 0.6) is 0 Å². The fraction of sp³-hybridized carbons (Fsp3) is 0.750. The van der Waals surface area contributed by atoms with E-state index in [1.54, 1.807) is 7.11 Å². The molecule has 0 bridgehead atoms. The first kappa shape index (κ1) is 11.6. The fourth-order valence-electron chi connectivity index (χ4n) is 2.42. The Hall–Kier alpha value is -0.870. The third kappa shape index (κ3) is 1.99. The summed E-state index contributed by atoms with van der Waals surface area (Å²) in [5.74, 6) is 0. The Morgan fingerprint density at radius 3 is 2.88 bits per heavy atom. The number of methoxy groups -OCH3 is 1. The molecule has 1 aliphatic rings. The van der Waals surface area contributed by atoms with Gasteiger partial charge in [0.25, 0.3) is 0 Å². The average molecular weight is 223 g/mol. The van der Waals surface area contributed by atoms with Crippen LogP contribution in [0.4, 0.5) is 0 Å². The van der Waals surface area contributed by atoms with Crippen LogP contribution in [0, 0.1) is 5.41 Å². The van der Waals surface area contributed by atoms with Crippen molar-refractivity contribution in [2.45, 2.75) is 39.0 Å². The molecule has 4 heteroatoms. The molecule has 1 aromatic heterocycles. The van der Waals surface area contributed by atoms with Crippen molar-refractivity contribution in [1.29, 1.82) is 0 Å². The highest BCUT2D eigenvalue weighted by atomic mass is 16.5. The molecule has 0 spiro atoms. The summed E-state index contributed by atoms with van der Waals surface area (Å²) in [7, 11) is 3.74. The predicted molar refractivity (Wildman–Crippen MR) is 63.0 cm³/mol. The summed E-state index contributed by atoms with van der Waals surface area (Å²) in [5.41, 5.74) is 1.32. The molecule has 0 aromatic carbocycles. The van der Waals surface area contributed by atoms with Crippen LogP contribution in [0.25, 0.3) is 0 Å². The van der Waals surface area contributed by atoms with Gasteiger partial charge in [-0.1, -0.05) is 13.8 Å². The van der Waals surface area contributed by atoms with E-state index >= 15 is 0 Å². The maximum atomic E-state index is 5.43. The third-order valence-corrected chi connectivity index (χ3v) is 3.76. The molecule has 0 saturated heterocycles. The normalized spacial score (nSPS) is 27.8. The fourth-order valence-corrected chi connectivity index (χ4v) is 2.42. The van der Waals surface area contributed by atoms with E-state index in [4.69, 9.17) is 4.74 Å². The molecule has 1 aliphatic carbocycles. The minimum Gasteiger partial charge on any atom is -0.381 e. The molecule has 4 nitrogen and oxygen atoms in total. The van der Waals surface area contributed by atoms with Crippen molar-refractivity contribution < 1.29 is 4.74 Å². The average Bonchev–Trinajstić information content (AvgIpc) is 2.63. The van der Waals surface area contributed by atoms with Gasteiger partial charge in [-0.2, -0.15) is 5.10 Å². The maximum absolute atomic E-state index is 5.43. The van der Waals surface area contributed by atoms with Gasteiger partial charge in [0.15, 0.2) is 0 Å². The summed E-state index contributed by atoms with van der Waals surface area (Å²) in [6.07, 6.45) is 3.45. The van der Waals surface area contributed by atoms with Gasteiger partial charge in [0.1, 0.15) is 0 Å². The Morgan fingerprint density at radius 2 is 2.38 bits per heavy atom. The van der Waals surface area contributed by atoms with Crippen molar-refractivity contribution in [1.82, 2.24) is 15.1 Å². The number of rotatable bonds is 4. The number of nitrogens with one attached hydrogen (secondary N) is 1. The summed E-state index contributed by atoms with van der Waals surface area (Å²) in [5, 5.41) is 7.90. The molecule has 1 aromatic rings. The maximum Gasteiger partial charge on any atom is 0.0762 e. The molecule has 1 heterocycles. The molecule has 1 N–H and O–H groups in total. The summed E-state index contributed by atoms with van der Waals surface area (Å²) >= 11 is 0. The number of nitrogens with zero attached hydrogens (tertiary/aromatic N) is 2. The molecule has 0 radical (unpaired) electrons. The molecule has 2 atom stereocenters. The SMILES string of the molecule is COC1CC(NCc2ccn(C)n2)C1(C)C. The largest absolute Gasteiger partial charge is 0.381 e. The van der Waals surface area contributed by atoms with Gasteiger partial charge in [-0.15, -0.1) is 0 Å². The zero-order chi connectivity index (χ0) is 11.8. The second-order valence-electron chi connectivity index (χ2n) is 5.20. The predicted octanol–water partition coefficient (Wildman–Crippen LogP) is 1.32. The summed E-state index contributed by atoms with van der Waals surface area (Å²) in [6, 6.07) is 2.58. The van der Waals surface area contributed by atoms with Gasteiger partial charge in [0.2, 0.25) is 0 Å². The Balaban J connectivity index is 1.84. The number of aryl methyl sites for hydroxylation is 1. The quantitative estimate of drug-likeness (QED) is 0.837. The first-order chi connectivity index (χ1) is 7.54. The van der Waals surface area contributed by atoms with Crippen molar-refractivity contribution >= 4 is 0 Å². The van der Waals surface area contributed by atoms with Crippen molar-refractivity contribution in [3.8, 4) is 0 Å². The zero-order valence-electron chi connectivity index (χ0n) is 10.5. The van der Waals surface area contributed by atoms with Crippen molar-refractivity contribution in [3.63, 3.8) is 0 Å². The van der Waals surface area contributed by atoms with Crippen molar-refractivity contribution in [2.75, 3.05) is 7.11 Å². The third-order valence-electron chi connectivity index (χ3n) is 3.76. The highest BCUT2D eigenvalue weighted by Crippen LogP contribution is 2.42. The molecule has 16 heavy (non-hydrogen) atoms. The lowest BCUT2D eigenvalue weighted by Gasteiger charge is -2.51. The standard InChI is InChI=1S/C12H21N3O/c1-12(2)10(7-11(12)16-4)13-8-9-5-6-15(3)14-9/h5-6,10-11,13H,7-8H2,1-4H3. The van der Waals surface area contributed by atoms with E-state index in [0.717, 1.165) is 18.7 Å². The van der Waals surface area contributed by atoms with E-state index in [0.29, 0.717) is 12.1 Å². The van der Waals surface area contributed by atoms with Gasteiger partial charge in [0.05, 0.1) is 11.8 Å². The molecular formula is C12H21N3O. The second kappa shape index (κ2) is 4.18. The van der Waals surface area contributed by atoms with Gasteiger partial charge in [-0.05, 0) is 12.5 Å². The minimum atomic E-state index is 0.226. The lowest BCUT2D eigenvalue weighted by molar-refractivity contribution is -0.0979. The number of ether oxygens (including phenoxy) is 1. The van der Waals surface area contributed by atoms with Crippen LogP contribution in [0.1, 0.15) is 26.0 Å². The summed E-state index contributed by atoms with van der Waals surface area (Å²) in [6.45, 7) is 5.34. The van der Waals surface area contributed by atoms with E-state index in [1.807, 2.05) is 24.0 Å². The molecule has 1 fully saturated rings. The molecular weight excluding hydrogens is 202 g/mol. The van der Waals surface area contributed by atoms with Crippen LogP contribution in [-0.2, 0) is 18.3 Å². The lowest BCUT2D eigenvalue weighted by Crippen LogP contribution is -2.60. The Bertz CT molecular complexity index is 359. The zero-order valence-corrected chi connectivity index (χ0v) is 10.5. The first-order valence-electron chi connectivity index (χ1n) is 5.78. The first-order valence-corrected chi connectivity index (χ1v) is 5.78. The summed E-state index contributed by atoms with van der Waals surface area (Å²) in [4.78, 5) is 0. The molecule has 1 saturated carbocycles. The van der Waals surface area contributed by atoms with E-state index in [-0.39, 0.29) is 5.41 Å². The monoisotopic (exact) mass is 223 g/mol. The Morgan fingerprint density at radius 1 is 1.62 bits per heavy atom. The number of hydrogen-bond donors (Lipinski definition) is 1.